The zero-order chi connectivity index (χ0) is 24.4. The van der Waals surface area contributed by atoms with Gasteiger partial charge in [0.25, 0.3) is 17.9 Å². The predicted molar refractivity (Wildman–Crippen MR) is 120 cm³/mol. The first kappa shape index (κ1) is 23.9. The molecule has 0 aliphatic heterocycles. The van der Waals surface area contributed by atoms with Gasteiger partial charge in [-0.3, -0.25) is 14.2 Å². The molecule has 0 saturated carbocycles. The summed E-state index contributed by atoms with van der Waals surface area (Å²) in [4.78, 5) is 34.1. The second-order valence-electron chi connectivity index (χ2n) is 7.39. The molecule has 0 aliphatic rings. The van der Waals surface area contributed by atoms with Crippen LogP contribution in [0, 0.1) is 6.92 Å². The summed E-state index contributed by atoms with van der Waals surface area (Å²) in [5.41, 5.74) is 0.562. The van der Waals surface area contributed by atoms with Gasteiger partial charge in [0, 0.05) is 11.4 Å². The lowest BCUT2D eigenvalue weighted by Crippen LogP contribution is -2.28. The average Bonchev–Trinajstić information content (AvgIpc) is 3.38. The van der Waals surface area contributed by atoms with E-state index < -0.39 is 30.5 Å². The van der Waals surface area contributed by atoms with E-state index in [2.05, 4.69) is 20.4 Å². The van der Waals surface area contributed by atoms with Gasteiger partial charge in [-0.2, -0.15) is 4.98 Å². The number of alkyl halides is 2. The second-order valence-corrected chi connectivity index (χ2v) is 8.83. The molecule has 9 nitrogen and oxygen atoms in total. The minimum Gasteiger partial charge on any atom is -0.388 e. The third-order valence-corrected chi connectivity index (χ3v) is 6.44. The molecule has 3 aromatic heterocycles. The van der Waals surface area contributed by atoms with Gasteiger partial charge in [-0.05, 0) is 30.2 Å². The number of carbonyl (C=O) groups is 1. The molecule has 4 rings (SSSR count). The van der Waals surface area contributed by atoms with E-state index in [0.717, 1.165) is 11.3 Å². The number of hydrogen-bond donors (Lipinski definition) is 2. The highest BCUT2D eigenvalue weighted by Gasteiger charge is 2.21. The van der Waals surface area contributed by atoms with E-state index in [1.165, 1.54) is 10.9 Å². The first-order valence-electron chi connectivity index (χ1n) is 10.0. The Morgan fingerprint density at radius 1 is 1.32 bits per heavy atom. The Balaban J connectivity index is 1.51. The van der Waals surface area contributed by atoms with E-state index in [4.69, 9.17) is 16.1 Å². The van der Waals surface area contributed by atoms with Crippen molar-refractivity contribution in [1.82, 2.24) is 25.0 Å². The van der Waals surface area contributed by atoms with Crippen molar-refractivity contribution >= 4 is 39.1 Å². The molecule has 1 atom stereocenters. The number of halogens is 3. The zero-order valence-electron chi connectivity index (χ0n) is 17.7. The number of carbonyl (C=O) groups excluding carboxylic acids is 1. The summed E-state index contributed by atoms with van der Waals surface area (Å²) in [5.74, 6) is -0.305. The van der Waals surface area contributed by atoms with E-state index in [1.807, 2.05) is 0 Å². The first-order chi connectivity index (χ1) is 16.2. The molecule has 0 spiro atoms. The maximum atomic E-state index is 13.0. The van der Waals surface area contributed by atoms with Gasteiger partial charge in [-0.25, -0.2) is 13.8 Å². The van der Waals surface area contributed by atoms with Crippen LogP contribution in [0.5, 0.6) is 0 Å². The lowest BCUT2D eigenvalue weighted by atomic mass is 10.1. The van der Waals surface area contributed by atoms with Crippen LogP contribution in [0.25, 0.3) is 10.2 Å². The molecule has 0 aliphatic carbocycles. The number of nitrogens with zero attached hydrogens (tertiary/aromatic N) is 4. The maximum absolute atomic E-state index is 13.0. The average molecular weight is 510 g/mol. The van der Waals surface area contributed by atoms with Crippen molar-refractivity contribution in [2.75, 3.05) is 6.54 Å². The first-order valence-corrected chi connectivity index (χ1v) is 11.2. The molecular weight excluding hydrogens is 492 g/mol. The highest BCUT2D eigenvalue weighted by molar-refractivity contribution is 7.20. The smallest absolute Gasteiger partial charge is 0.262 e. The van der Waals surface area contributed by atoms with Crippen molar-refractivity contribution in [2.45, 2.75) is 32.4 Å². The summed E-state index contributed by atoms with van der Waals surface area (Å²) in [5, 5.41) is 17.1. The van der Waals surface area contributed by atoms with Crippen LogP contribution in [0.2, 0.25) is 5.02 Å². The number of amides is 1. The lowest BCUT2D eigenvalue weighted by Gasteiger charge is -2.08. The fourth-order valence-corrected chi connectivity index (χ4v) is 4.48. The van der Waals surface area contributed by atoms with Crippen LogP contribution in [0.3, 0.4) is 0 Å². The topological polar surface area (TPSA) is 123 Å². The number of fused-ring (bicyclic) bond motifs is 1. The molecule has 178 valence electrons. The summed E-state index contributed by atoms with van der Waals surface area (Å²) in [7, 11) is 0. The van der Waals surface area contributed by atoms with Crippen molar-refractivity contribution < 1.29 is 23.2 Å². The molecule has 3 heterocycles. The number of aliphatic hydroxyl groups excluding tert-OH is 1. The van der Waals surface area contributed by atoms with E-state index >= 15 is 0 Å². The van der Waals surface area contributed by atoms with Crippen molar-refractivity contribution in [1.29, 1.82) is 0 Å². The van der Waals surface area contributed by atoms with Gasteiger partial charge >= 0.3 is 0 Å². The van der Waals surface area contributed by atoms with Gasteiger partial charge in [0.2, 0.25) is 5.89 Å². The SMILES string of the molecule is Cc1c(C(=O)NCC(F)F)sc2ncn(Cc3nc(C[C@H](O)c4ccc(Cl)cc4)no3)c(=O)c12. The molecule has 34 heavy (non-hydrogen) atoms. The molecule has 2 N–H and O–H groups in total. The highest BCUT2D eigenvalue weighted by Crippen LogP contribution is 2.27. The summed E-state index contributed by atoms with van der Waals surface area (Å²) in [6.45, 7) is 0.705. The van der Waals surface area contributed by atoms with Gasteiger partial charge in [0.05, 0.1) is 29.2 Å². The molecule has 1 aromatic carbocycles. The normalized spacial score (nSPS) is 12.4. The highest BCUT2D eigenvalue weighted by atomic mass is 35.5. The van der Waals surface area contributed by atoms with E-state index in [0.29, 0.717) is 21.0 Å². The third kappa shape index (κ3) is 5.13. The summed E-state index contributed by atoms with van der Waals surface area (Å²) in [6.07, 6.45) is -2.17. The zero-order valence-corrected chi connectivity index (χ0v) is 19.2. The Hall–Kier alpha value is -3.22. The molecule has 0 unspecified atom stereocenters. The Labute approximate surface area is 200 Å². The number of nitrogens with one attached hydrogen (secondary N) is 1. The minimum atomic E-state index is -2.68. The fraction of sp³-hybridized carbons (Fsp3) is 0.286. The van der Waals surface area contributed by atoms with Crippen molar-refractivity contribution in [3.8, 4) is 0 Å². The van der Waals surface area contributed by atoms with Crippen molar-refractivity contribution in [2.24, 2.45) is 0 Å². The standard InChI is InChI=1S/C21H18ClF2N5O4S/c1-10-17-20(34-18(10)19(31)25-7-14(23)24)26-9-29(21(17)32)8-16-27-15(28-33-16)6-13(30)11-2-4-12(22)5-3-11/h2-5,9,13-14,30H,6-8H2,1H3,(H,25,31)/t13-/m0/s1. The largest absolute Gasteiger partial charge is 0.388 e. The molecule has 13 heteroatoms. The maximum Gasteiger partial charge on any atom is 0.262 e. The van der Waals surface area contributed by atoms with Crippen LogP contribution in [-0.4, -0.2) is 43.7 Å². The minimum absolute atomic E-state index is 0.0754. The molecule has 0 bridgehead atoms. The molecule has 0 radical (unpaired) electrons. The van der Waals surface area contributed by atoms with Crippen molar-refractivity contribution in [3.05, 3.63) is 73.7 Å². The number of rotatable bonds is 8. The number of aromatic nitrogens is 4. The van der Waals surface area contributed by atoms with Crippen LogP contribution in [0.1, 0.15) is 38.6 Å². The molecule has 0 fully saturated rings. The number of hydrogen-bond acceptors (Lipinski definition) is 8. The molecule has 4 aromatic rings. The second kappa shape index (κ2) is 9.95. The van der Waals surface area contributed by atoms with Crippen molar-refractivity contribution in [3.63, 3.8) is 0 Å². The van der Waals surface area contributed by atoms with E-state index in [9.17, 15) is 23.5 Å². The summed E-state index contributed by atoms with van der Waals surface area (Å²) in [6, 6.07) is 6.72. The molecular formula is C21H18ClF2N5O4S. The Morgan fingerprint density at radius 2 is 2.06 bits per heavy atom. The number of aliphatic hydroxyl groups is 1. The molecule has 0 saturated heterocycles. The van der Waals surface area contributed by atoms with Crippen LogP contribution < -0.4 is 10.9 Å². The monoisotopic (exact) mass is 509 g/mol. The molecule has 1 amide bonds. The quantitative estimate of drug-likeness (QED) is 0.374. The Bertz CT molecular complexity index is 1390. The van der Waals surface area contributed by atoms with Crippen LogP contribution in [0.4, 0.5) is 8.78 Å². The van der Waals surface area contributed by atoms with Crippen LogP contribution in [-0.2, 0) is 13.0 Å². The summed E-state index contributed by atoms with van der Waals surface area (Å²) < 4.78 is 31.2. The van der Waals surface area contributed by atoms with Gasteiger partial charge in [-0.1, -0.05) is 28.9 Å². The third-order valence-electron chi connectivity index (χ3n) is 4.99. The Morgan fingerprint density at radius 3 is 2.76 bits per heavy atom. The number of benzene rings is 1. The summed E-state index contributed by atoms with van der Waals surface area (Å²) >= 11 is 6.81. The van der Waals surface area contributed by atoms with E-state index in [-0.39, 0.29) is 34.9 Å². The lowest BCUT2D eigenvalue weighted by molar-refractivity contribution is 0.0895. The van der Waals surface area contributed by atoms with Gasteiger partial charge in [-0.15, -0.1) is 11.3 Å². The number of thiophene rings is 1. The van der Waals surface area contributed by atoms with Crippen LogP contribution in [0.15, 0.2) is 39.9 Å². The fourth-order valence-electron chi connectivity index (χ4n) is 3.30. The Kier molecular flexibility index (Phi) is 7.00. The van der Waals surface area contributed by atoms with E-state index in [1.54, 1.807) is 31.2 Å². The van der Waals surface area contributed by atoms with Gasteiger partial charge in [0.15, 0.2) is 5.82 Å². The van der Waals surface area contributed by atoms with Crippen LogP contribution >= 0.6 is 22.9 Å². The number of aryl methyl sites for hydroxylation is 1. The van der Waals surface area contributed by atoms with Gasteiger partial charge in [0.1, 0.15) is 11.4 Å². The van der Waals surface area contributed by atoms with Gasteiger partial charge < -0.3 is 14.9 Å². The predicted octanol–water partition coefficient (Wildman–Crippen LogP) is 3.12.